The summed E-state index contributed by atoms with van der Waals surface area (Å²) in [5.74, 6) is 0.879. The Morgan fingerprint density at radius 3 is 2.93 bits per heavy atom. The van der Waals surface area contributed by atoms with E-state index in [2.05, 4.69) is 27.9 Å². The number of carbonyl (C=O) groups is 1. The minimum atomic E-state index is 0.0733. The van der Waals surface area contributed by atoms with Crippen LogP contribution in [-0.2, 0) is 4.79 Å². The Kier molecular flexibility index (Phi) is 4.39. The van der Waals surface area contributed by atoms with E-state index in [0.29, 0.717) is 19.0 Å². The predicted molar refractivity (Wildman–Crippen MR) is 60.8 cm³/mol. The van der Waals surface area contributed by atoms with E-state index in [1.807, 2.05) is 13.8 Å². The summed E-state index contributed by atoms with van der Waals surface area (Å²) < 4.78 is 0. The summed E-state index contributed by atoms with van der Waals surface area (Å²) in [6.07, 6.45) is 0.479. The molecule has 1 rings (SSSR count). The topological polar surface area (TPSA) is 65.5 Å². The Bertz CT molecular complexity index is 250. The SMILES string of the molecule is CC(C)NC(=O)CCNC1=NCC(C)N1. The fourth-order valence-corrected chi connectivity index (χ4v) is 1.35. The Labute approximate surface area is 90.7 Å². The van der Waals surface area contributed by atoms with E-state index in [1.54, 1.807) is 0 Å². The summed E-state index contributed by atoms with van der Waals surface area (Å²) in [5, 5.41) is 9.11. The third kappa shape index (κ3) is 4.67. The lowest BCUT2D eigenvalue weighted by Gasteiger charge is -2.10. The fraction of sp³-hybridized carbons (Fsp3) is 0.800. The van der Waals surface area contributed by atoms with Gasteiger partial charge >= 0.3 is 0 Å². The smallest absolute Gasteiger partial charge is 0.221 e. The van der Waals surface area contributed by atoms with Crippen LogP contribution in [0.4, 0.5) is 0 Å². The van der Waals surface area contributed by atoms with Crippen LogP contribution in [-0.4, -0.2) is 37.0 Å². The van der Waals surface area contributed by atoms with Gasteiger partial charge < -0.3 is 16.0 Å². The maximum atomic E-state index is 11.3. The van der Waals surface area contributed by atoms with Gasteiger partial charge in [0.2, 0.25) is 5.91 Å². The van der Waals surface area contributed by atoms with E-state index in [4.69, 9.17) is 0 Å². The normalized spacial score (nSPS) is 19.7. The molecule has 1 aliphatic rings. The molecule has 0 bridgehead atoms. The number of hydrogen-bond donors (Lipinski definition) is 3. The molecule has 3 N–H and O–H groups in total. The molecule has 15 heavy (non-hydrogen) atoms. The fourth-order valence-electron chi connectivity index (χ4n) is 1.35. The molecule has 0 aromatic heterocycles. The first kappa shape index (κ1) is 11.8. The number of guanidine groups is 1. The Balaban J connectivity index is 2.09. The van der Waals surface area contributed by atoms with Gasteiger partial charge in [-0.05, 0) is 20.8 Å². The maximum absolute atomic E-state index is 11.3. The van der Waals surface area contributed by atoms with Gasteiger partial charge in [-0.15, -0.1) is 0 Å². The van der Waals surface area contributed by atoms with Crippen molar-refractivity contribution in [2.24, 2.45) is 4.99 Å². The Morgan fingerprint density at radius 2 is 2.40 bits per heavy atom. The number of amides is 1. The summed E-state index contributed by atoms with van der Waals surface area (Å²) in [7, 11) is 0. The quantitative estimate of drug-likeness (QED) is 0.606. The van der Waals surface area contributed by atoms with Crippen molar-refractivity contribution < 1.29 is 4.79 Å². The van der Waals surface area contributed by atoms with E-state index in [-0.39, 0.29) is 11.9 Å². The third-order valence-electron chi connectivity index (χ3n) is 2.00. The molecule has 0 aromatic rings. The second kappa shape index (κ2) is 5.58. The lowest BCUT2D eigenvalue weighted by atomic mass is 10.3. The summed E-state index contributed by atoms with van der Waals surface area (Å²) in [5.41, 5.74) is 0. The maximum Gasteiger partial charge on any atom is 0.221 e. The first-order valence-electron chi connectivity index (χ1n) is 5.42. The molecule has 5 heteroatoms. The zero-order valence-corrected chi connectivity index (χ0v) is 9.63. The average molecular weight is 212 g/mol. The van der Waals surface area contributed by atoms with Gasteiger partial charge in [0.1, 0.15) is 0 Å². The highest BCUT2D eigenvalue weighted by Crippen LogP contribution is 1.92. The molecule has 0 aliphatic carbocycles. The predicted octanol–water partition coefficient (Wildman–Crippen LogP) is -0.162. The molecule has 1 atom stereocenters. The molecule has 1 unspecified atom stereocenters. The third-order valence-corrected chi connectivity index (χ3v) is 2.00. The van der Waals surface area contributed by atoms with Gasteiger partial charge in [-0.25, -0.2) is 0 Å². The molecule has 0 aromatic carbocycles. The molecule has 86 valence electrons. The highest BCUT2D eigenvalue weighted by molar-refractivity contribution is 5.82. The van der Waals surface area contributed by atoms with Crippen molar-refractivity contribution in [1.82, 2.24) is 16.0 Å². The first-order chi connectivity index (χ1) is 7.08. The number of nitrogens with zero attached hydrogens (tertiary/aromatic N) is 1. The molecule has 1 aliphatic heterocycles. The van der Waals surface area contributed by atoms with Crippen molar-refractivity contribution in [3.63, 3.8) is 0 Å². The van der Waals surface area contributed by atoms with Crippen LogP contribution < -0.4 is 16.0 Å². The highest BCUT2D eigenvalue weighted by Gasteiger charge is 2.11. The van der Waals surface area contributed by atoms with E-state index in [0.717, 1.165) is 12.5 Å². The molecular formula is C10H20N4O. The second-order valence-electron chi connectivity index (χ2n) is 4.13. The largest absolute Gasteiger partial charge is 0.356 e. The van der Waals surface area contributed by atoms with Crippen LogP contribution in [0.25, 0.3) is 0 Å². The van der Waals surface area contributed by atoms with Crippen LogP contribution in [0.3, 0.4) is 0 Å². The van der Waals surface area contributed by atoms with Gasteiger partial charge in [-0.3, -0.25) is 9.79 Å². The molecule has 0 saturated carbocycles. The summed E-state index contributed by atoms with van der Waals surface area (Å²) >= 11 is 0. The molecule has 0 fully saturated rings. The van der Waals surface area contributed by atoms with Crippen LogP contribution in [0.1, 0.15) is 27.2 Å². The van der Waals surface area contributed by atoms with Crippen molar-refractivity contribution in [1.29, 1.82) is 0 Å². The monoisotopic (exact) mass is 212 g/mol. The zero-order valence-electron chi connectivity index (χ0n) is 9.63. The second-order valence-corrected chi connectivity index (χ2v) is 4.13. The molecule has 5 nitrogen and oxygen atoms in total. The molecule has 1 amide bonds. The van der Waals surface area contributed by atoms with Crippen LogP contribution in [0.15, 0.2) is 4.99 Å². The minimum absolute atomic E-state index is 0.0733. The molecule has 0 radical (unpaired) electrons. The van der Waals surface area contributed by atoms with Gasteiger partial charge in [-0.2, -0.15) is 0 Å². The Morgan fingerprint density at radius 1 is 1.67 bits per heavy atom. The van der Waals surface area contributed by atoms with Crippen molar-refractivity contribution in [2.45, 2.75) is 39.3 Å². The van der Waals surface area contributed by atoms with Crippen molar-refractivity contribution in [3.05, 3.63) is 0 Å². The number of hydrogen-bond acceptors (Lipinski definition) is 4. The lowest BCUT2D eigenvalue weighted by molar-refractivity contribution is -0.121. The van der Waals surface area contributed by atoms with Crippen molar-refractivity contribution in [2.75, 3.05) is 13.1 Å². The van der Waals surface area contributed by atoms with Gasteiger partial charge in [0.05, 0.1) is 6.54 Å². The van der Waals surface area contributed by atoms with Gasteiger partial charge in [0.25, 0.3) is 0 Å². The average Bonchev–Trinajstić information content (AvgIpc) is 2.50. The number of rotatable bonds is 4. The van der Waals surface area contributed by atoms with Crippen LogP contribution in [0.5, 0.6) is 0 Å². The van der Waals surface area contributed by atoms with Crippen LogP contribution in [0, 0.1) is 0 Å². The highest BCUT2D eigenvalue weighted by atomic mass is 16.1. The molecule has 1 heterocycles. The Hall–Kier alpha value is -1.26. The molecule has 0 spiro atoms. The van der Waals surface area contributed by atoms with Crippen molar-refractivity contribution in [3.8, 4) is 0 Å². The molecule has 0 saturated heterocycles. The minimum Gasteiger partial charge on any atom is -0.356 e. The van der Waals surface area contributed by atoms with E-state index < -0.39 is 0 Å². The summed E-state index contributed by atoms with van der Waals surface area (Å²) in [4.78, 5) is 15.5. The number of nitrogens with one attached hydrogen (secondary N) is 3. The van der Waals surface area contributed by atoms with Gasteiger partial charge in [0, 0.05) is 25.0 Å². The number of aliphatic imine (C=N–C) groups is 1. The van der Waals surface area contributed by atoms with Gasteiger partial charge in [-0.1, -0.05) is 0 Å². The summed E-state index contributed by atoms with van der Waals surface area (Å²) in [6, 6.07) is 0.608. The van der Waals surface area contributed by atoms with Crippen LogP contribution >= 0.6 is 0 Å². The number of carbonyl (C=O) groups excluding carboxylic acids is 1. The van der Waals surface area contributed by atoms with Gasteiger partial charge in [0.15, 0.2) is 5.96 Å². The van der Waals surface area contributed by atoms with E-state index in [9.17, 15) is 4.79 Å². The van der Waals surface area contributed by atoms with Crippen molar-refractivity contribution >= 4 is 11.9 Å². The lowest BCUT2D eigenvalue weighted by Crippen LogP contribution is -2.40. The van der Waals surface area contributed by atoms with Crippen LogP contribution in [0.2, 0.25) is 0 Å². The zero-order chi connectivity index (χ0) is 11.3. The van der Waals surface area contributed by atoms with E-state index >= 15 is 0 Å². The first-order valence-corrected chi connectivity index (χ1v) is 5.42. The standard InChI is InChI=1S/C10H20N4O/c1-7(2)13-9(15)4-5-11-10-12-6-8(3)14-10/h7-8H,4-6H2,1-3H3,(H,13,15)(H2,11,12,14). The van der Waals surface area contributed by atoms with E-state index in [1.165, 1.54) is 0 Å². The molecular weight excluding hydrogens is 192 g/mol. The summed E-state index contributed by atoms with van der Waals surface area (Å²) in [6.45, 7) is 7.41.